The van der Waals surface area contributed by atoms with Gasteiger partial charge in [-0.2, -0.15) is 0 Å². The molecule has 29 heavy (non-hydrogen) atoms. The van der Waals surface area contributed by atoms with Crippen molar-refractivity contribution >= 4 is 5.91 Å². The van der Waals surface area contributed by atoms with E-state index in [0.29, 0.717) is 17.0 Å². The number of carbonyl (C=O) groups is 1. The average Bonchev–Trinajstić information content (AvgIpc) is 2.68. The number of rotatable bonds is 5. The van der Waals surface area contributed by atoms with Crippen molar-refractivity contribution in [3.05, 3.63) is 82.9 Å². The Kier molecular flexibility index (Phi) is 5.80. The van der Waals surface area contributed by atoms with Gasteiger partial charge in [-0.3, -0.25) is 4.79 Å². The maximum atomic E-state index is 13.0. The maximum absolute atomic E-state index is 13.0. The van der Waals surface area contributed by atoms with Crippen LogP contribution in [0.2, 0.25) is 0 Å². The summed E-state index contributed by atoms with van der Waals surface area (Å²) in [6, 6.07) is 13.4. The number of aryl methyl sites for hydroxylation is 2. The molecule has 0 aliphatic carbocycles. The molecular formula is C24H27N3O2. The van der Waals surface area contributed by atoms with Gasteiger partial charge in [0.1, 0.15) is 5.82 Å². The smallest absolute Gasteiger partial charge is 0.251 e. The summed E-state index contributed by atoms with van der Waals surface area (Å²) in [7, 11) is 0. The summed E-state index contributed by atoms with van der Waals surface area (Å²) in [6.07, 6.45) is 3.44. The standard InChI is InChI=1S/C24H27N3O2/c1-15-6-8-18(9-7-15)19-10-20(12-22(11-19)24(4,5)29)23(28)27-16(2)21-13-25-17(3)26-14-21/h6-14,16,29H,1-5H3,(H,27,28)/t16-/m1/s1. The number of aromatic nitrogens is 2. The predicted octanol–water partition coefficient (Wildman–Crippen LogP) is 4.48. The van der Waals surface area contributed by atoms with Crippen LogP contribution in [-0.2, 0) is 5.60 Å². The van der Waals surface area contributed by atoms with E-state index in [1.165, 1.54) is 5.56 Å². The minimum Gasteiger partial charge on any atom is -0.386 e. The van der Waals surface area contributed by atoms with Crippen LogP contribution in [0.15, 0.2) is 54.9 Å². The van der Waals surface area contributed by atoms with E-state index < -0.39 is 5.60 Å². The molecule has 0 aliphatic rings. The van der Waals surface area contributed by atoms with Gasteiger partial charge in [0.15, 0.2) is 0 Å². The van der Waals surface area contributed by atoms with E-state index in [0.717, 1.165) is 16.7 Å². The van der Waals surface area contributed by atoms with Crippen LogP contribution in [0.1, 0.15) is 59.7 Å². The molecule has 5 nitrogen and oxygen atoms in total. The lowest BCUT2D eigenvalue weighted by atomic mass is 9.91. The number of amides is 1. The summed E-state index contributed by atoms with van der Waals surface area (Å²) in [4.78, 5) is 21.4. The monoisotopic (exact) mass is 389 g/mol. The number of hydrogen-bond donors (Lipinski definition) is 2. The Labute approximate surface area is 171 Å². The lowest BCUT2D eigenvalue weighted by molar-refractivity contribution is 0.0784. The van der Waals surface area contributed by atoms with Crippen LogP contribution in [0.5, 0.6) is 0 Å². The van der Waals surface area contributed by atoms with Crippen LogP contribution in [-0.4, -0.2) is 21.0 Å². The number of carbonyl (C=O) groups excluding carboxylic acids is 1. The summed E-state index contributed by atoms with van der Waals surface area (Å²) in [5.74, 6) is 0.477. The average molecular weight is 389 g/mol. The van der Waals surface area contributed by atoms with E-state index in [-0.39, 0.29) is 11.9 Å². The molecule has 1 heterocycles. The maximum Gasteiger partial charge on any atom is 0.251 e. The Morgan fingerprint density at radius 3 is 2.21 bits per heavy atom. The number of hydrogen-bond acceptors (Lipinski definition) is 4. The van der Waals surface area contributed by atoms with Gasteiger partial charge in [-0.1, -0.05) is 29.8 Å². The molecule has 5 heteroatoms. The van der Waals surface area contributed by atoms with E-state index in [1.807, 2.05) is 57.2 Å². The third-order valence-corrected chi connectivity index (χ3v) is 4.94. The molecule has 0 fully saturated rings. The second-order valence-corrected chi connectivity index (χ2v) is 7.98. The first-order valence-electron chi connectivity index (χ1n) is 9.68. The Morgan fingerprint density at radius 2 is 1.62 bits per heavy atom. The van der Waals surface area contributed by atoms with Crippen LogP contribution in [0.4, 0.5) is 0 Å². The molecular weight excluding hydrogens is 362 g/mol. The Balaban J connectivity index is 1.94. The topological polar surface area (TPSA) is 75.1 Å². The summed E-state index contributed by atoms with van der Waals surface area (Å²) in [5, 5.41) is 13.5. The van der Waals surface area contributed by atoms with E-state index in [1.54, 1.807) is 32.3 Å². The molecule has 0 bridgehead atoms. The first-order chi connectivity index (χ1) is 13.6. The molecule has 0 radical (unpaired) electrons. The van der Waals surface area contributed by atoms with Crippen molar-refractivity contribution in [1.82, 2.24) is 15.3 Å². The normalized spacial score (nSPS) is 12.5. The molecule has 0 aliphatic heterocycles. The molecule has 0 spiro atoms. The molecule has 150 valence electrons. The van der Waals surface area contributed by atoms with Crippen LogP contribution < -0.4 is 5.32 Å². The molecule has 0 saturated heterocycles. The first-order valence-corrected chi connectivity index (χ1v) is 9.68. The fourth-order valence-electron chi connectivity index (χ4n) is 3.01. The van der Waals surface area contributed by atoms with E-state index in [4.69, 9.17) is 0 Å². The van der Waals surface area contributed by atoms with Gasteiger partial charge in [0.05, 0.1) is 11.6 Å². The molecule has 0 saturated carbocycles. The van der Waals surface area contributed by atoms with E-state index in [9.17, 15) is 9.90 Å². The Morgan fingerprint density at radius 1 is 1.00 bits per heavy atom. The zero-order valence-electron chi connectivity index (χ0n) is 17.5. The first kappa shape index (κ1) is 20.7. The molecule has 0 unspecified atom stereocenters. The van der Waals surface area contributed by atoms with Crippen molar-refractivity contribution in [2.75, 3.05) is 0 Å². The highest BCUT2D eigenvalue weighted by atomic mass is 16.3. The van der Waals surface area contributed by atoms with Crippen molar-refractivity contribution in [3.8, 4) is 11.1 Å². The fraction of sp³-hybridized carbons (Fsp3) is 0.292. The minimum atomic E-state index is -1.06. The van der Waals surface area contributed by atoms with Gasteiger partial charge in [-0.05, 0) is 69.5 Å². The zero-order valence-corrected chi connectivity index (χ0v) is 17.5. The number of benzene rings is 2. The fourth-order valence-corrected chi connectivity index (χ4v) is 3.01. The predicted molar refractivity (Wildman–Crippen MR) is 115 cm³/mol. The van der Waals surface area contributed by atoms with E-state index in [2.05, 4.69) is 15.3 Å². The van der Waals surface area contributed by atoms with E-state index >= 15 is 0 Å². The van der Waals surface area contributed by atoms with Crippen molar-refractivity contribution in [1.29, 1.82) is 0 Å². The highest BCUT2D eigenvalue weighted by Gasteiger charge is 2.21. The minimum absolute atomic E-state index is 0.211. The van der Waals surface area contributed by atoms with Crippen molar-refractivity contribution in [2.45, 2.75) is 46.3 Å². The summed E-state index contributed by atoms with van der Waals surface area (Å²) < 4.78 is 0. The Bertz CT molecular complexity index is 1000. The number of nitrogens with one attached hydrogen (secondary N) is 1. The van der Waals surface area contributed by atoms with Crippen LogP contribution in [0, 0.1) is 13.8 Å². The van der Waals surface area contributed by atoms with Gasteiger partial charge in [0.25, 0.3) is 5.91 Å². The summed E-state index contributed by atoms with van der Waals surface area (Å²) in [6.45, 7) is 9.19. The summed E-state index contributed by atoms with van der Waals surface area (Å²) in [5.41, 5.74) is 4.01. The molecule has 1 atom stereocenters. The van der Waals surface area contributed by atoms with Crippen molar-refractivity contribution in [2.24, 2.45) is 0 Å². The molecule has 2 N–H and O–H groups in total. The lowest BCUT2D eigenvalue weighted by Crippen LogP contribution is -2.27. The number of nitrogens with zero attached hydrogens (tertiary/aromatic N) is 2. The number of aliphatic hydroxyl groups is 1. The van der Waals surface area contributed by atoms with Gasteiger partial charge in [0.2, 0.25) is 0 Å². The van der Waals surface area contributed by atoms with Gasteiger partial charge < -0.3 is 10.4 Å². The lowest BCUT2D eigenvalue weighted by Gasteiger charge is -2.21. The molecule has 1 amide bonds. The molecule has 1 aromatic heterocycles. The van der Waals surface area contributed by atoms with Gasteiger partial charge in [0, 0.05) is 23.5 Å². The molecule has 3 aromatic rings. The van der Waals surface area contributed by atoms with Crippen molar-refractivity contribution in [3.63, 3.8) is 0 Å². The zero-order chi connectivity index (χ0) is 21.2. The van der Waals surface area contributed by atoms with Crippen LogP contribution >= 0.6 is 0 Å². The SMILES string of the molecule is Cc1ccc(-c2cc(C(=O)N[C@H](C)c3cnc(C)nc3)cc(C(C)(C)O)c2)cc1. The van der Waals surface area contributed by atoms with Gasteiger partial charge >= 0.3 is 0 Å². The van der Waals surface area contributed by atoms with Crippen LogP contribution in [0.25, 0.3) is 11.1 Å². The largest absolute Gasteiger partial charge is 0.386 e. The van der Waals surface area contributed by atoms with Gasteiger partial charge in [-0.25, -0.2) is 9.97 Å². The Hall–Kier alpha value is -3.05. The van der Waals surface area contributed by atoms with Crippen molar-refractivity contribution < 1.29 is 9.90 Å². The molecule has 2 aromatic carbocycles. The highest BCUT2D eigenvalue weighted by molar-refractivity contribution is 5.96. The quantitative estimate of drug-likeness (QED) is 0.675. The van der Waals surface area contributed by atoms with Gasteiger partial charge in [-0.15, -0.1) is 0 Å². The second kappa shape index (κ2) is 8.13. The third-order valence-electron chi connectivity index (χ3n) is 4.94. The highest BCUT2D eigenvalue weighted by Crippen LogP contribution is 2.29. The second-order valence-electron chi connectivity index (χ2n) is 7.98. The third kappa shape index (κ3) is 5.06. The molecule has 3 rings (SSSR count). The summed E-state index contributed by atoms with van der Waals surface area (Å²) >= 11 is 0. The van der Waals surface area contributed by atoms with Crippen LogP contribution in [0.3, 0.4) is 0 Å².